The largest absolute Gasteiger partial charge is 0.339 e. The summed E-state index contributed by atoms with van der Waals surface area (Å²) in [6.45, 7) is 2.17. The molecule has 1 N–H and O–H groups in total. The van der Waals surface area contributed by atoms with E-state index in [1.165, 1.54) is 6.42 Å². The molecule has 1 aliphatic heterocycles. The molecule has 1 aliphatic rings. The molecule has 0 saturated carbocycles. The fourth-order valence-electron chi connectivity index (χ4n) is 1.98. The van der Waals surface area contributed by atoms with E-state index in [0.29, 0.717) is 11.7 Å². The van der Waals surface area contributed by atoms with Crippen molar-refractivity contribution in [2.24, 2.45) is 5.92 Å². The maximum absolute atomic E-state index is 5.27. The number of nitrogens with one attached hydrogen (secondary N) is 1. The van der Waals surface area contributed by atoms with Crippen LogP contribution in [0.2, 0.25) is 0 Å². The van der Waals surface area contributed by atoms with Crippen molar-refractivity contribution in [3.05, 3.63) is 22.7 Å². The van der Waals surface area contributed by atoms with E-state index < -0.39 is 0 Å². The Balaban J connectivity index is 0.00000108. The molecule has 1 fully saturated rings. The van der Waals surface area contributed by atoms with E-state index in [0.717, 1.165) is 31.0 Å². The SMILES string of the molecule is Cl.c1cc(-c2noc(CC3CCNC3)n2)cs1. The number of thiophene rings is 1. The van der Waals surface area contributed by atoms with Crippen LogP contribution < -0.4 is 5.32 Å². The molecular weight excluding hydrogens is 258 g/mol. The second-order valence-electron chi connectivity index (χ2n) is 4.09. The van der Waals surface area contributed by atoms with Gasteiger partial charge in [-0.15, -0.1) is 12.4 Å². The molecule has 2 aromatic rings. The van der Waals surface area contributed by atoms with Crippen LogP contribution in [0.5, 0.6) is 0 Å². The molecule has 4 nitrogen and oxygen atoms in total. The molecule has 0 amide bonds. The molecule has 1 atom stereocenters. The van der Waals surface area contributed by atoms with Crippen molar-refractivity contribution in [1.29, 1.82) is 0 Å². The highest BCUT2D eigenvalue weighted by Gasteiger charge is 2.18. The van der Waals surface area contributed by atoms with Crippen molar-refractivity contribution in [3.63, 3.8) is 0 Å². The number of hydrogen-bond donors (Lipinski definition) is 1. The van der Waals surface area contributed by atoms with E-state index in [1.54, 1.807) is 11.3 Å². The molecule has 2 aromatic heterocycles. The average Bonchev–Trinajstić information content (AvgIpc) is 2.99. The van der Waals surface area contributed by atoms with Crippen LogP contribution in [0.15, 0.2) is 21.3 Å². The smallest absolute Gasteiger partial charge is 0.227 e. The molecule has 0 bridgehead atoms. The number of halogens is 1. The fraction of sp³-hybridized carbons (Fsp3) is 0.455. The van der Waals surface area contributed by atoms with Crippen molar-refractivity contribution in [2.75, 3.05) is 13.1 Å². The standard InChI is InChI=1S/C11H13N3OS.ClH/c1-3-12-6-8(1)5-10-13-11(14-15-10)9-2-4-16-7-9;/h2,4,7-8,12H,1,3,5-6H2;1H. The van der Waals surface area contributed by atoms with Crippen molar-refractivity contribution in [3.8, 4) is 11.4 Å². The summed E-state index contributed by atoms with van der Waals surface area (Å²) >= 11 is 1.64. The van der Waals surface area contributed by atoms with Gasteiger partial charge in [0.05, 0.1) is 0 Å². The molecule has 0 aromatic carbocycles. The minimum atomic E-state index is 0. The normalized spacial score (nSPS) is 19.2. The van der Waals surface area contributed by atoms with E-state index in [2.05, 4.69) is 15.5 Å². The first kappa shape index (κ1) is 12.5. The van der Waals surface area contributed by atoms with Crippen molar-refractivity contribution in [1.82, 2.24) is 15.5 Å². The topological polar surface area (TPSA) is 51.0 Å². The summed E-state index contributed by atoms with van der Waals surface area (Å²) in [5.74, 6) is 2.12. The summed E-state index contributed by atoms with van der Waals surface area (Å²) in [6, 6.07) is 2.01. The molecule has 0 aliphatic carbocycles. The van der Waals surface area contributed by atoms with Gasteiger partial charge in [-0.1, -0.05) is 5.16 Å². The average molecular weight is 272 g/mol. The van der Waals surface area contributed by atoms with Gasteiger partial charge in [0.15, 0.2) is 0 Å². The van der Waals surface area contributed by atoms with E-state index in [4.69, 9.17) is 4.52 Å². The highest BCUT2D eigenvalue weighted by molar-refractivity contribution is 7.08. The van der Waals surface area contributed by atoms with Crippen molar-refractivity contribution < 1.29 is 4.52 Å². The van der Waals surface area contributed by atoms with Gasteiger partial charge in [0, 0.05) is 17.4 Å². The quantitative estimate of drug-likeness (QED) is 0.931. The van der Waals surface area contributed by atoms with Gasteiger partial charge >= 0.3 is 0 Å². The highest BCUT2D eigenvalue weighted by atomic mass is 35.5. The van der Waals surface area contributed by atoms with Gasteiger partial charge in [-0.3, -0.25) is 0 Å². The predicted octanol–water partition coefficient (Wildman–Crippen LogP) is 2.37. The van der Waals surface area contributed by atoms with Gasteiger partial charge in [0.1, 0.15) is 0 Å². The summed E-state index contributed by atoms with van der Waals surface area (Å²) in [4.78, 5) is 4.42. The Bertz CT molecular complexity index is 451. The molecular formula is C11H14ClN3OS. The Morgan fingerprint density at radius 3 is 3.18 bits per heavy atom. The van der Waals surface area contributed by atoms with Crippen LogP contribution in [0.3, 0.4) is 0 Å². The minimum Gasteiger partial charge on any atom is -0.339 e. The lowest BCUT2D eigenvalue weighted by molar-refractivity contribution is 0.358. The van der Waals surface area contributed by atoms with Crippen LogP contribution in [-0.2, 0) is 6.42 Å². The first-order valence-corrected chi connectivity index (χ1v) is 6.42. The summed E-state index contributed by atoms with van der Waals surface area (Å²) in [5, 5.41) is 11.4. The lowest BCUT2D eigenvalue weighted by Gasteiger charge is -2.01. The summed E-state index contributed by atoms with van der Waals surface area (Å²) in [5.41, 5.74) is 1.05. The fourth-order valence-corrected chi connectivity index (χ4v) is 2.62. The third-order valence-electron chi connectivity index (χ3n) is 2.87. The molecule has 1 saturated heterocycles. The van der Waals surface area contributed by atoms with Crippen molar-refractivity contribution in [2.45, 2.75) is 12.8 Å². The van der Waals surface area contributed by atoms with Gasteiger partial charge in [-0.05, 0) is 36.9 Å². The van der Waals surface area contributed by atoms with E-state index in [9.17, 15) is 0 Å². The maximum Gasteiger partial charge on any atom is 0.227 e. The van der Waals surface area contributed by atoms with Crippen LogP contribution in [-0.4, -0.2) is 23.2 Å². The third-order valence-corrected chi connectivity index (χ3v) is 3.56. The lowest BCUT2D eigenvalue weighted by Crippen LogP contribution is -2.10. The molecule has 17 heavy (non-hydrogen) atoms. The molecule has 92 valence electrons. The van der Waals surface area contributed by atoms with E-state index in [-0.39, 0.29) is 12.4 Å². The molecule has 1 unspecified atom stereocenters. The Morgan fingerprint density at radius 2 is 2.47 bits per heavy atom. The first-order chi connectivity index (χ1) is 7.92. The van der Waals surface area contributed by atoms with Crippen molar-refractivity contribution >= 4 is 23.7 Å². The van der Waals surface area contributed by atoms with Crippen LogP contribution in [0.25, 0.3) is 11.4 Å². The van der Waals surface area contributed by atoms with Gasteiger partial charge in [-0.2, -0.15) is 16.3 Å². The zero-order valence-electron chi connectivity index (χ0n) is 9.26. The Hall–Kier alpha value is -0.910. The molecule has 0 radical (unpaired) electrons. The van der Waals surface area contributed by atoms with Crippen LogP contribution >= 0.6 is 23.7 Å². The molecule has 3 rings (SSSR count). The van der Waals surface area contributed by atoms with E-state index >= 15 is 0 Å². The summed E-state index contributed by atoms with van der Waals surface area (Å²) < 4.78 is 5.27. The lowest BCUT2D eigenvalue weighted by atomic mass is 10.1. The van der Waals surface area contributed by atoms with Crippen LogP contribution in [0.1, 0.15) is 12.3 Å². The summed E-state index contributed by atoms with van der Waals surface area (Å²) in [6.07, 6.45) is 2.10. The number of hydrogen-bond acceptors (Lipinski definition) is 5. The Morgan fingerprint density at radius 1 is 1.53 bits per heavy atom. The predicted molar refractivity (Wildman–Crippen MR) is 69.5 cm³/mol. The second kappa shape index (κ2) is 5.62. The van der Waals surface area contributed by atoms with Crippen LogP contribution in [0, 0.1) is 5.92 Å². The van der Waals surface area contributed by atoms with Gasteiger partial charge in [0.2, 0.25) is 11.7 Å². The molecule has 0 spiro atoms. The van der Waals surface area contributed by atoms with Crippen LogP contribution in [0.4, 0.5) is 0 Å². The van der Waals surface area contributed by atoms with Gasteiger partial charge < -0.3 is 9.84 Å². The first-order valence-electron chi connectivity index (χ1n) is 5.48. The molecule has 6 heteroatoms. The third kappa shape index (κ3) is 2.86. The summed E-state index contributed by atoms with van der Waals surface area (Å²) in [7, 11) is 0. The Labute approximate surface area is 110 Å². The number of rotatable bonds is 3. The number of nitrogens with zero attached hydrogens (tertiary/aromatic N) is 2. The zero-order valence-corrected chi connectivity index (χ0v) is 10.9. The zero-order chi connectivity index (χ0) is 10.8. The molecule has 3 heterocycles. The van der Waals surface area contributed by atoms with Gasteiger partial charge in [0.25, 0.3) is 0 Å². The maximum atomic E-state index is 5.27. The highest BCUT2D eigenvalue weighted by Crippen LogP contribution is 2.20. The monoisotopic (exact) mass is 271 g/mol. The second-order valence-corrected chi connectivity index (χ2v) is 4.87. The minimum absolute atomic E-state index is 0. The Kier molecular flexibility index (Phi) is 4.15. The van der Waals surface area contributed by atoms with E-state index in [1.807, 2.05) is 16.8 Å². The van der Waals surface area contributed by atoms with Gasteiger partial charge in [-0.25, -0.2) is 0 Å². The number of aromatic nitrogens is 2.